The molecule has 0 radical (unpaired) electrons. The number of carbonyl (C=O) groups excluding carboxylic acids is 1. The third kappa shape index (κ3) is 8.31. The molecule has 2 saturated heterocycles. The number of para-hydroxylation sites is 2. The largest absolute Gasteiger partial charge is 0.444 e. The SMILES string of the molecule is CC(C)(C)OC(=O)N1CCC(c2cccc3cccnc23)CC1.Cl.Cl.c1cnc2c(C3CCNCC3)cccc2c1. The molecule has 0 saturated carbocycles. The first kappa shape index (κ1) is 32.6. The minimum Gasteiger partial charge on any atom is -0.444 e. The number of amides is 1. The number of benzene rings is 2. The lowest BCUT2D eigenvalue weighted by molar-refractivity contribution is 0.0205. The van der Waals surface area contributed by atoms with Gasteiger partial charge >= 0.3 is 6.09 Å². The fourth-order valence-corrected chi connectivity index (χ4v) is 5.75. The van der Waals surface area contributed by atoms with Gasteiger partial charge < -0.3 is 15.0 Å². The normalized spacial score (nSPS) is 16.2. The van der Waals surface area contributed by atoms with E-state index in [1.54, 1.807) is 0 Å². The second kappa shape index (κ2) is 14.8. The average Bonchev–Trinajstić information content (AvgIpc) is 2.96. The number of halogens is 2. The Kier molecular flexibility index (Phi) is 11.8. The number of aromatic nitrogens is 2. The van der Waals surface area contributed by atoms with Crippen LogP contribution in [0.1, 0.15) is 69.4 Å². The molecule has 0 spiro atoms. The van der Waals surface area contributed by atoms with E-state index in [0.717, 1.165) is 44.5 Å². The smallest absolute Gasteiger partial charge is 0.410 e. The van der Waals surface area contributed by atoms with Gasteiger partial charge in [0.2, 0.25) is 0 Å². The van der Waals surface area contributed by atoms with E-state index in [1.165, 1.54) is 40.3 Å². The summed E-state index contributed by atoms with van der Waals surface area (Å²) in [6.07, 6.45) is 7.91. The number of nitrogens with zero attached hydrogens (tertiary/aromatic N) is 3. The van der Waals surface area contributed by atoms with E-state index in [-0.39, 0.29) is 30.9 Å². The molecule has 4 heterocycles. The van der Waals surface area contributed by atoms with E-state index in [4.69, 9.17) is 4.74 Å². The Balaban J connectivity index is 0.000000227. The van der Waals surface area contributed by atoms with E-state index in [9.17, 15) is 4.79 Å². The fraction of sp³-hybridized carbons (Fsp3) is 0.424. The molecule has 41 heavy (non-hydrogen) atoms. The van der Waals surface area contributed by atoms with Crippen LogP contribution in [0.2, 0.25) is 0 Å². The maximum Gasteiger partial charge on any atom is 0.410 e. The van der Waals surface area contributed by atoms with E-state index in [1.807, 2.05) is 50.2 Å². The van der Waals surface area contributed by atoms with Crippen molar-refractivity contribution in [2.45, 2.75) is 63.9 Å². The molecule has 2 aromatic carbocycles. The first-order valence-electron chi connectivity index (χ1n) is 14.2. The van der Waals surface area contributed by atoms with Crippen LogP contribution in [0.4, 0.5) is 4.79 Å². The van der Waals surface area contributed by atoms with Gasteiger partial charge in [0.15, 0.2) is 0 Å². The maximum absolute atomic E-state index is 12.2. The Morgan fingerprint density at radius 3 is 1.71 bits per heavy atom. The number of nitrogens with one attached hydrogen (secondary N) is 1. The van der Waals surface area contributed by atoms with Crippen molar-refractivity contribution in [3.63, 3.8) is 0 Å². The zero-order valence-electron chi connectivity index (χ0n) is 24.2. The zero-order chi connectivity index (χ0) is 27.2. The van der Waals surface area contributed by atoms with Crippen molar-refractivity contribution >= 4 is 52.7 Å². The summed E-state index contributed by atoms with van der Waals surface area (Å²) in [5, 5.41) is 5.85. The van der Waals surface area contributed by atoms with Gasteiger partial charge in [-0.15, -0.1) is 24.8 Å². The second-order valence-corrected chi connectivity index (χ2v) is 11.6. The minimum absolute atomic E-state index is 0. The predicted molar refractivity (Wildman–Crippen MR) is 173 cm³/mol. The first-order chi connectivity index (χ1) is 18.9. The van der Waals surface area contributed by atoms with Gasteiger partial charge in [-0.1, -0.05) is 48.5 Å². The third-order valence-corrected chi connectivity index (χ3v) is 7.69. The molecular weight excluding hydrogens is 555 g/mol. The van der Waals surface area contributed by atoms with Gasteiger partial charge in [0.25, 0.3) is 0 Å². The number of fused-ring (bicyclic) bond motifs is 2. The van der Waals surface area contributed by atoms with Gasteiger partial charge in [0, 0.05) is 36.3 Å². The van der Waals surface area contributed by atoms with E-state index in [0.29, 0.717) is 11.8 Å². The number of hydrogen-bond donors (Lipinski definition) is 1. The van der Waals surface area contributed by atoms with Gasteiger partial charge in [-0.3, -0.25) is 9.97 Å². The number of carbonyl (C=O) groups is 1. The summed E-state index contributed by atoms with van der Waals surface area (Å²) in [5.74, 6) is 1.13. The lowest BCUT2D eigenvalue weighted by Gasteiger charge is -2.33. The number of hydrogen-bond acceptors (Lipinski definition) is 5. The fourth-order valence-electron chi connectivity index (χ4n) is 5.75. The molecule has 0 aliphatic carbocycles. The molecule has 2 fully saturated rings. The number of ether oxygens (including phenoxy) is 1. The van der Waals surface area contributed by atoms with Crippen molar-refractivity contribution in [1.29, 1.82) is 0 Å². The topological polar surface area (TPSA) is 67.3 Å². The molecule has 2 aliphatic heterocycles. The Morgan fingerprint density at radius 2 is 1.22 bits per heavy atom. The van der Waals surface area contributed by atoms with Gasteiger partial charge in [-0.2, -0.15) is 0 Å². The molecule has 0 unspecified atom stereocenters. The monoisotopic (exact) mass is 596 g/mol. The van der Waals surface area contributed by atoms with Crippen LogP contribution in [0.15, 0.2) is 73.1 Å². The minimum atomic E-state index is -0.437. The van der Waals surface area contributed by atoms with Crippen LogP contribution < -0.4 is 5.32 Å². The molecule has 4 aromatic rings. The van der Waals surface area contributed by atoms with Gasteiger partial charge in [-0.25, -0.2) is 4.79 Å². The standard InChI is InChI=1S/C19H24N2O2.C14H16N2.2ClH/c1-19(2,3)23-18(22)21-12-9-14(10-13-21)16-8-4-6-15-7-5-11-20-17(15)16;1-3-12-4-2-8-16-14(12)13(5-1)11-6-9-15-10-7-11;;/h4-8,11,14H,9-10,12-13H2,1-3H3;1-5,8,11,15H,6-7,9-10H2;2*1H. The highest BCUT2D eigenvalue weighted by molar-refractivity contribution is 5.86. The number of piperidine rings is 2. The van der Waals surface area contributed by atoms with Crippen LogP contribution in [0.25, 0.3) is 21.8 Å². The summed E-state index contributed by atoms with van der Waals surface area (Å²) in [5.41, 5.74) is 4.57. The highest BCUT2D eigenvalue weighted by Gasteiger charge is 2.28. The Labute approximate surface area is 256 Å². The van der Waals surface area contributed by atoms with Crippen molar-refractivity contribution in [3.8, 4) is 0 Å². The average molecular weight is 598 g/mol. The van der Waals surface area contributed by atoms with Crippen LogP contribution in [-0.4, -0.2) is 52.7 Å². The van der Waals surface area contributed by atoms with Crippen LogP contribution in [0.3, 0.4) is 0 Å². The summed E-state index contributed by atoms with van der Waals surface area (Å²) in [6, 6.07) is 21.1. The number of pyridine rings is 2. The molecule has 2 aromatic heterocycles. The van der Waals surface area contributed by atoms with E-state index in [2.05, 4.69) is 63.8 Å². The number of likely N-dealkylation sites (tertiary alicyclic amines) is 1. The molecular formula is C33H42Cl2N4O2. The lowest BCUT2D eigenvalue weighted by atomic mass is 9.88. The van der Waals surface area contributed by atoms with Crippen molar-refractivity contribution in [3.05, 3.63) is 84.2 Å². The zero-order valence-corrected chi connectivity index (χ0v) is 25.8. The first-order valence-corrected chi connectivity index (χ1v) is 14.2. The summed E-state index contributed by atoms with van der Waals surface area (Å²) in [6.45, 7) is 9.45. The molecule has 6 rings (SSSR count). The van der Waals surface area contributed by atoms with Crippen molar-refractivity contribution in [1.82, 2.24) is 20.2 Å². The summed E-state index contributed by atoms with van der Waals surface area (Å²) in [7, 11) is 0. The van der Waals surface area contributed by atoms with E-state index >= 15 is 0 Å². The van der Waals surface area contributed by atoms with Gasteiger partial charge in [0.05, 0.1) is 11.0 Å². The second-order valence-electron chi connectivity index (χ2n) is 11.6. The van der Waals surface area contributed by atoms with Crippen molar-refractivity contribution < 1.29 is 9.53 Å². The lowest BCUT2D eigenvalue weighted by Crippen LogP contribution is -2.41. The van der Waals surface area contributed by atoms with Crippen LogP contribution in [0.5, 0.6) is 0 Å². The Bertz CT molecular complexity index is 1400. The Morgan fingerprint density at radius 1 is 0.756 bits per heavy atom. The van der Waals surface area contributed by atoms with Crippen LogP contribution >= 0.6 is 24.8 Å². The van der Waals surface area contributed by atoms with Gasteiger partial charge in [-0.05, 0) is 94.6 Å². The quantitative estimate of drug-likeness (QED) is 0.255. The van der Waals surface area contributed by atoms with Crippen molar-refractivity contribution in [2.75, 3.05) is 26.2 Å². The highest BCUT2D eigenvalue weighted by Crippen LogP contribution is 2.33. The molecule has 1 N–H and O–H groups in total. The van der Waals surface area contributed by atoms with Crippen LogP contribution in [-0.2, 0) is 4.74 Å². The van der Waals surface area contributed by atoms with E-state index < -0.39 is 5.60 Å². The predicted octanol–water partition coefficient (Wildman–Crippen LogP) is 7.89. The van der Waals surface area contributed by atoms with Crippen molar-refractivity contribution in [2.24, 2.45) is 0 Å². The molecule has 220 valence electrons. The maximum atomic E-state index is 12.2. The third-order valence-electron chi connectivity index (χ3n) is 7.69. The summed E-state index contributed by atoms with van der Waals surface area (Å²) >= 11 is 0. The Hall–Kier alpha value is -2.93. The summed E-state index contributed by atoms with van der Waals surface area (Å²) in [4.78, 5) is 23.1. The molecule has 8 heteroatoms. The number of rotatable bonds is 2. The van der Waals surface area contributed by atoms with Crippen LogP contribution in [0, 0.1) is 0 Å². The molecule has 0 bridgehead atoms. The van der Waals surface area contributed by atoms with Gasteiger partial charge in [0.1, 0.15) is 5.60 Å². The molecule has 6 nitrogen and oxygen atoms in total. The molecule has 0 atom stereocenters. The molecule has 1 amide bonds. The molecule has 2 aliphatic rings. The summed E-state index contributed by atoms with van der Waals surface area (Å²) < 4.78 is 5.46. The highest BCUT2D eigenvalue weighted by atomic mass is 35.5.